The molecule has 2 aromatic rings. The average molecular weight is 332 g/mol. The third-order valence-electron chi connectivity index (χ3n) is 3.73. The normalized spacial score (nSPS) is 12.2. The van der Waals surface area contributed by atoms with Crippen LogP contribution in [0.15, 0.2) is 42.5 Å². The zero-order valence-corrected chi connectivity index (χ0v) is 14.4. The molecule has 0 saturated heterocycles. The molecule has 3 nitrogen and oxygen atoms in total. The number of carbonyl (C=O) groups is 1. The number of rotatable bonds is 5. The van der Waals surface area contributed by atoms with Crippen molar-refractivity contribution in [2.75, 3.05) is 5.32 Å². The van der Waals surface area contributed by atoms with E-state index in [4.69, 9.17) is 11.6 Å². The number of halogens is 1. The van der Waals surface area contributed by atoms with E-state index in [2.05, 4.69) is 31.3 Å². The standard InChI is InChI=1S/C19H22ClNO2/c1-12(2)10-14-4-6-15(7-5-14)13(3)19(23)21-17-11-16(20)8-9-18(17)22/h4-9,11-13,22H,10H2,1-3H3,(H,21,23)/t13-/m1/s1. The van der Waals surface area contributed by atoms with E-state index in [9.17, 15) is 9.90 Å². The van der Waals surface area contributed by atoms with E-state index in [1.807, 2.05) is 19.1 Å². The first-order chi connectivity index (χ1) is 10.9. The van der Waals surface area contributed by atoms with Crippen molar-refractivity contribution in [3.63, 3.8) is 0 Å². The molecule has 0 aliphatic heterocycles. The Balaban J connectivity index is 2.08. The number of hydrogen-bond acceptors (Lipinski definition) is 2. The van der Waals surface area contributed by atoms with Crippen LogP contribution in [-0.2, 0) is 11.2 Å². The molecule has 0 fully saturated rings. The van der Waals surface area contributed by atoms with Crippen LogP contribution in [0.2, 0.25) is 5.02 Å². The lowest BCUT2D eigenvalue weighted by molar-refractivity contribution is -0.117. The number of nitrogens with one attached hydrogen (secondary N) is 1. The Morgan fingerprint density at radius 2 is 1.78 bits per heavy atom. The summed E-state index contributed by atoms with van der Waals surface area (Å²) in [6, 6.07) is 12.7. The molecule has 2 aromatic carbocycles. The largest absolute Gasteiger partial charge is 0.506 e. The molecule has 0 bridgehead atoms. The second kappa shape index (κ2) is 7.51. The monoisotopic (exact) mass is 331 g/mol. The van der Waals surface area contributed by atoms with Gasteiger partial charge in [-0.05, 0) is 48.6 Å². The van der Waals surface area contributed by atoms with E-state index >= 15 is 0 Å². The predicted octanol–water partition coefficient (Wildman–Crippen LogP) is 4.99. The Kier molecular flexibility index (Phi) is 5.67. The molecule has 2 N–H and O–H groups in total. The van der Waals surface area contributed by atoms with E-state index in [1.165, 1.54) is 17.7 Å². The van der Waals surface area contributed by atoms with Gasteiger partial charge in [0.15, 0.2) is 0 Å². The Morgan fingerprint density at radius 1 is 1.13 bits per heavy atom. The average Bonchev–Trinajstić information content (AvgIpc) is 2.50. The highest BCUT2D eigenvalue weighted by Gasteiger charge is 2.17. The van der Waals surface area contributed by atoms with Crippen molar-refractivity contribution >= 4 is 23.2 Å². The lowest BCUT2D eigenvalue weighted by atomic mass is 9.96. The van der Waals surface area contributed by atoms with Crippen LogP contribution in [0.1, 0.15) is 37.8 Å². The Bertz CT molecular complexity index is 680. The minimum atomic E-state index is -0.318. The zero-order valence-electron chi connectivity index (χ0n) is 13.6. The smallest absolute Gasteiger partial charge is 0.231 e. The molecule has 0 spiro atoms. The quantitative estimate of drug-likeness (QED) is 0.758. The van der Waals surface area contributed by atoms with Gasteiger partial charge in [0, 0.05) is 5.02 Å². The van der Waals surface area contributed by atoms with Gasteiger partial charge in [0.05, 0.1) is 11.6 Å². The SMILES string of the molecule is CC(C)Cc1ccc([C@@H](C)C(=O)Nc2cc(Cl)ccc2O)cc1. The molecule has 1 atom stereocenters. The third-order valence-corrected chi connectivity index (χ3v) is 3.97. The summed E-state index contributed by atoms with van der Waals surface area (Å²) >= 11 is 5.89. The summed E-state index contributed by atoms with van der Waals surface area (Å²) in [5.41, 5.74) is 2.53. The fourth-order valence-corrected chi connectivity index (χ4v) is 2.59. The van der Waals surface area contributed by atoms with Gasteiger partial charge in [-0.15, -0.1) is 0 Å². The van der Waals surface area contributed by atoms with Crippen LogP contribution in [-0.4, -0.2) is 11.0 Å². The molecule has 0 aromatic heterocycles. The van der Waals surface area contributed by atoms with Crippen LogP contribution in [0.3, 0.4) is 0 Å². The van der Waals surface area contributed by atoms with Gasteiger partial charge in [0.1, 0.15) is 5.75 Å². The highest BCUT2D eigenvalue weighted by molar-refractivity contribution is 6.31. The van der Waals surface area contributed by atoms with Gasteiger partial charge >= 0.3 is 0 Å². The second-order valence-corrected chi connectivity index (χ2v) is 6.65. The summed E-state index contributed by atoms with van der Waals surface area (Å²) in [5.74, 6) is 0.107. The van der Waals surface area contributed by atoms with Crippen molar-refractivity contribution in [1.29, 1.82) is 0 Å². The molecule has 0 unspecified atom stereocenters. The van der Waals surface area contributed by atoms with E-state index in [-0.39, 0.29) is 17.6 Å². The first-order valence-corrected chi connectivity index (χ1v) is 8.13. The molecule has 2 rings (SSSR count). The van der Waals surface area contributed by atoms with E-state index in [0.717, 1.165) is 12.0 Å². The van der Waals surface area contributed by atoms with Gasteiger partial charge in [-0.25, -0.2) is 0 Å². The number of aromatic hydroxyl groups is 1. The second-order valence-electron chi connectivity index (χ2n) is 6.21. The van der Waals surface area contributed by atoms with Gasteiger partial charge in [-0.3, -0.25) is 4.79 Å². The van der Waals surface area contributed by atoms with Crippen LogP contribution in [0, 0.1) is 5.92 Å². The number of phenolic OH excluding ortho intramolecular Hbond substituents is 1. The maximum atomic E-state index is 12.4. The van der Waals surface area contributed by atoms with E-state index < -0.39 is 0 Å². The number of phenols is 1. The van der Waals surface area contributed by atoms with Crippen molar-refractivity contribution < 1.29 is 9.90 Å². The summed E-state index contributed by atoms with van der Waals surface area (Å²) < 4.78 is 0. The minimum absolute atomic E-state index is 0.00207. The fraction of sp³-hybridized carbons (Fsp3) is 0.316. The number of carbonyl (C=O) groups excluding carboxylic acids is 1. The molecule has 1 amide bonds. The van der Waals surface area contributed by atoms with E-state index in [0.29, 0.717) is 16.6 Å². The fourth-order valence-electron chi connectivity index (χ4n) is 2.41. The third kappa shape index (κ3) is 4.73. The predicted molar refractivity (Wildman–Crippen MR) is 95.1 cm³/mol. The molecule has 0 aliphatic carbocycles. The minimum Gasteiger partial charge on any atom is -0.506 e. The van der Waals surface area contributed by atoms with Crippen LogP contribution in [0.5, 0.6) is 5.75 Å². The summed E-state index contributed by atoms with van der Waals surface area (Å²) in [7, 11) is 0. The highest BCUT2D eigenvalue weighted by Crippen LogP contribution is 2.28. The zero-order chi connectivity index (χ0) is 17.0. The number of hydrogen-bond donors (Lipinski definition) is 2. The lowest BCUT2D eigenvalue weighted by Crippen LogP contribution is -2.19. The van der Waals surface area contributed by atoms with Gasteiger partial charge in [-0.1, -0.05) is 49.7 Å². The van der Waals surface area contributed by atoms with Crippen molar-refractivity contribution in [3.05, 3.63) is 58.6 Å². The molecule has 23 heavy (non-hydrogen) atoms. The Labute approximate surface area is 142 Å². The summed E-state index contributed by atoms with van der Waals surface area (Å²) in [5, 5.41) is 13.0. The first-order valence-electron chi connectivity index (χ1n) is 7.75. The molecular formula is C19H22ClNO2. The summed E-state index contributed by atoms with van der Waals surface area (Å²) in [4.78, 5) is 12.4. The lowest BCUT2D eigenvalue weighted by Gasteiger charge is -2.14. The molecule has 122 valence electrons. The molecular weight excluding hydrogens is 310 g/mol. The van der Waals surface area contributed by atoms with Crippen LogP contribution in [0.25, 0.3) is 0 Å². The van der Waals surface area contributed by atoms with Crippen molar-refractivity contribution in [2.45, 2.75) is 33.1 Å². The highest BCUT2D eigenvalue weighted by atomic mass is 35.5. The van der Waals surface area contributed by atoms with Gasteiger partial charge < -0.3 is 10.4 Å². The Hall–Kier alpha value is -2.00. The maximum Gasteiger partial charge on any atom is 0.231 e. The maximum absolute atomic E-state index is 12.4. The Morgan fingerprint density at radius 3 is 2.39 bits per heavy atom. The van der Waals surface area contributed by atoms with Crippen LogP contribution < -0.4 is 5.32 Å². The summed E-state index contributed by atoms with van der Waals surface area (Å²) in [6.07, 6.45) is 1.03. The topological polar surface area (TPSA) is 49.3 Å². The van der Waals surface area contributed by atoms with Gasteiger partial charge in [0.25, 0.3) is 0 Å². The molecule has 0 heterocycles. The van der Waals surface area contributed by atoms with Crippen molar-refractivity contribution in [3.8, 4) is 5.75 Å². The number of benzene rings is 2. The number of amides is 1. The van der Waals surface area contributed by atoms with Crippen LogP contribution in [0.4, 0.5) is 5.69 Å². The summed E-state index contributed by atoms with van der Waals surface area (Å²) in [6.45, 7) is 6.21. The van der Waals surface area contributed by atoms with Crippen molar-refractivity contribution in [1.82, 2.24) is 0 Å². The van der Waals surface area contributed by atoms with Crippen LogP contribution >= 0.6 is 11.6 Å². The van der Waals surface area contributed by atoms with E-state index in [1.54, 1.807) is 6.07 Å². The molecule has 4 heteroatoms. The molecule has 0 aliphatic rings. The van der Waals surface area contributed by atoms with Crippen molar-refractivity contribution in [2.24, 2.45) is 5.92 Å². The molecule has 0 radical (unpaired) electrons. The molecule has 0 saturated carbocycles. The number of anilines is 1. The van der Waals surface area contributed by atoms with Gasteiger partial charge in [-0.2, -0.15) is 0 Å². The first kappa shape index (κ1) is 17.4. The van der Waals surface area contributed by atoms with Gasteiger partial charge in [0.2, 0.25) is 5.91 Å².